The van der Waals surface area contributed by atoms with E-state index in [-0.39, 0.29) is 6.03 Å². The molecular formula is C11H16N6OS. The second-order valence-electron chi connectivity index (χ2n) is 4.63. The number of nitrogens with one attached hydrogen (secondary N) is 2. The number of urea groups is 1. The Labute approximate surface area is 114 Å². The first kappa shape index (κ1) is 12.3. The van der Waals surface area contributed by atoms with Crippen LogP contribution in [0.1, 0.15) is 42.9 Å². The Morgan fingerprint density at radius 2 is 2.26 bits per heavy atom. The van der Waals surface area contributed by atoms with Gasteiger partial charge < -0.3 is 10.6 Å². The largest absolute Gasteiger partial charge is 0.338 e. The lowest BCUT2D eigenvalue weighted by molar-refractivity contribution is 0.240. The number of aromatic nitrogens is 4. The summed E-state index contributed by atoms with van der Waals surface area (Å²) in [5.74, 6) is 1.47. The van der Waals surface area contributed by atoms with Gasteiger partial charge in [-0.2, -0.15) is 9.61 Å². The quantitative estimate of drug-likeness (QED) is 0.864. The Kier molecular flexibility index (Phi) is 3.33. The fourth-order valence-corrected chi connectivity index (χ4v) is 2.58. The Bertz CT molecular complexity index is 587. The van der Waals surface area contributed by atoms with Gasteiger partial charge in [0.1, 0.15) is 5.01 Å². The number of carbonyl (C=O) groups excluding carboxylic acids is 1. The lowest BCUT2D eigenvalue weighted by Crippen LogP contribution is -2.35. The number of rotatable bonds is 5. The molecular weight excluding hydrogens is 264 g/mol. The highest BCUT2D eigenvalue weighted by Gasteiger charge is 2.29. The van der Waals surface area contributed by atoms with Crippen LogP contribution in [0.4, 0.5) is 4.79 Å². The highest BCUT2D eigenvalue weighted by Crippen LogP contribution is 2.39. The van der Waals surface area contributed by atoms with Crippen LogP contribution in [0.5, 0.6) is 0 Å². The second-order valence-corrected chi connectivity index (χ2v) is 5.67. The van der Waals surface area contributed by atoms with E-state index in [2.05, 4.69) is 25.9 Å². The van der Waals surface area contributed by atoms with E-state index in [4.69, 9.17) is 0 Å². The molecule has 1 aliphatic carbocycles. The molecule has 1 saturated carbocycles. The molecule has 2 aromatic heterocycles. The van der Waals surface area contributed by atoms with Gasteiger partial charge in [0.25, 0.3) is 0 Å². The third-order valence-corrected chi connectivity index (χ3v) is 3.83. The number of hydrogen-bond acceptors (Lipinski definition) is 5. The van der Waals surface area contributed by atoms with E-state index in [0.29, 0.717) is 19.0 Å². The van der Waals surface area contributed by atoms with Gasteiger partial charge in [-0.05, 0) is 19.3 Å². The highest BCUT2D eigenvalue weighted by atomic mass is 32.1. The maximum Gasteiger partial charge on any atom is 0.315 e. The van der Waals surface area contributed by atoms with E-state index in [9.17, 15) is 4.79 Å². The van der Waals surface area contributed by atoms with Crippen molar-refractivity contribution in [1.29, 1.82) is 0 Å². The van der Waals surface area contributed by atoms with E-state index in [0.717, 1.165) is 22.2 Å². The minimum atomic E-state index is -0.157. The number of fused-ring (bicyclic) bond motifs is 1. The average molecular weight is 280 g/mol. The molecule has 2 aromatic rings. The van der Waals surface area contributed by atoms with Crippen molar-refractivity contribution < 1.29 is 4.79 Å². The summed E-state index contributed by atoms with van der Waals surface area (Å²) in [7, 11) is 0. The summed E-state index contributed by atoms with van der Waals surface area (Å²) in [4.78, 5) is 12.2. The van der Waals surface area contributed by atoms with Gasteiger partial charge in [-0.25, -0.2) is 4.79 Å². The van der Waals surface area contributed by atoms with E-state index < -0.39 is 0 Å². The number of nitrogens with zero attached hydrogens (tertiary/aromatic N) is 4. The molecule has 0 spiro atoms. The molecule has 3 rings (SSSR count). The van der Waals surface area contributed by atoms with Crippen molar-refractivity contribution in [3.8, 4) is 0 Å². The first-order valence-corrected chi connectivity index (χ1v) is 7.32. The maximum absolute atomic E-state index is 11.4. The first-order chi connectivity index (χ1) is 9.28. The van der Waals surface area contributed by atoms with Crippen LogP contribution < -0.4 is 10.6 Å². The van der Waals surface area contributed by atoms with Crippen molar-refractivity contribution in [3.05, 3.63) is 10.8 Å². The van der Waals surface area contributed by atoms with Gasteiger partial charge in [-0.1, -0.05) is 18.3 Å². The van der Waals surface area contributed by atoms with Crippen LogP contribution in [0.3, 0.4) is 0 Å². The minimum Gasteiger partial charge on any atom is -0.338 e. The van der Waals surface area contributed by atoms with Gasteiger partial charge in [0.2, 0.25) is 4.96 Å². The second kappa shape index (κ2) is 5.12. The molecule has 0 radical (unpaired) electrons. The SMILES string of the molecule is CCCNC(=O)NCc1nn2c(C3CC3)nnc2s1. The minimum absolute atomic E-state index is 0.157. The predicted molar refractivity (Wildman–Crippen MR) is 71.2 cm³/mol. The van der Waals surface area contributed by atoms with Gasteiger partial charge in [0, 0.05) is 12.5 Å². The van der Waals surface area contributed by atoms with Gasteiger partial charge in [-0.3, -0.25) is 0 Å². The van der Waals surface area contributed by atoms with Crippen molar-refractivity contribution in [3.63, 3.8) is 0 Å². The summed E-state index contributed by atoms with van der Waals surface area (Å²) >= 11 is 1.46. The zero-order chi connectivity index (χ0) is 13.2. The van der Waals surface area contributed by atoms with E-state index >= 15 is 0 Å². The monoisotopic (exact) mass is 280 g/mol. The zero-order valence-electron chi connectivity index (χ0n) is 10.7. The summed E-state index contributed by atoms with van der Waals surface area (Å²) in [5.41, 5.74) is 0. The molecule has 2 amide bonds. The van der Waals surface area contributed by atoms with Crippen molar-refractivity contribution in [2.45, 2.75) is 38.6 Å². The summed E-state index contributed by atoms with van der Waals surface area (Å²) < 4.78 is 1.81. The molecule has 0 unspecified atom stereocenters. The maximum atomic E-state index is 11.4. The van der Waals surface area contributed by atoms with Crippen LogP contribution in [0, 0.1) is 0 Å². The van der Waals surface area contributed by atoms with Crippen molar-refractivity contribution in [2.24, 2.45) is 0 Å². The molecule has 2 N–H and O–H groups in total. The smallest absolute Gasteiger partial charge is 0.315 e. The molecule has 1 fully saturated rings. The van der Waals surface area contributed by atoms with E-state index in [1.54, 1.807) is 0 Å². The van der Waals surface area contributed by atoms with Crippen molar-refractivity contribution in [2.75, 3.05) is 6.54 Å². The molecule has 0 bridgehead atoms. The molecule has 0 atom stereocenters. The fourth-order valence-electron chi connectivity index (χ4n) is 1.80. The highest BCUT2D eigenvalue weighted by molar-refractivity contribution is 7.16. The Balaban J connectivity index is 1.63. The molecule has 8 heteroatoms. The molecule has 7 nitrogen and oxygen atoms in total. The van der Waals surface area contributed by atoms with Crippen LogP contribution in [0.2, 0.25) is 0 Å². The number of hydrogen-bond donors (Lipinski definition) is 2. The van der Waals surface area contributed by atoms with E-state index in [1.807, 2.05) is 11.4 Å². The summed E-state index contributed by atoms with van der Waals surface area (Å²) in [6, 6.07) is -0.157. The third kappa shape index (κ3) is 2.67. The lowest BCUT2D eigenvalue weighted by atomic mass is 10.4. The number of amides is 2. The predicted octanol–water partition coefficient (Wildman–Crippen LogP) is 1.27. The molecule has 0 aliphatic heterocycles. The van der Waals surface area contributed by atoms with Crippen molar-refractivity contribution in [1.82, 2.24) is 30.4 Å². The topological polar surface area (TPSA) is 84.2 Å². The Morgan fingerprint density at radius 1 is 1.42 bits per heavy atom. The normalized spacial score (nSPS) is 14.8. The standard InChI is InChI=1S/C11H16N6OS/c1-2-5-12-10(18)13-6-8-16-17-9(7-3-4-7)14-15-11(17)19-8/h7H,2-6H2,1H3,(H2,12,13,18). The molecule has 102 valence electrons. The molecule has 0 saturated heterocycles. The lowest BCUT2D eigenvalue weighted by Gasteiger charge is -2.03. The molecule has 2 heterocycles. The molecule has 0 aromatic carbocycles. The van der Waals surface area contributed by atoms with Crippen LogP contribution in [-0.4, -0.2) is 32.4 Å². The van der Waals surface area contributed by atoms with Crippen LogP contribution in [-0.2, 0) is 6.54 Å². The average Bonchev–Trinajstić information content (AvgIpc) is 3.04. The summed E-state index contributed by atoms with van der Waals surface area (Å²) in [6.07, 6.45) is 3.27. The Hall–Kier alpha value is -1.70. The molecule has 1 aliphatic rings. The van der Waals surface area contributed by atoms with Gasteiger partial charge in [0.05, 0.1) is 6.54 Å². The number of carbonyl (C=O) groups is 1. The third-order valence-electron chi connectivity index (χ3n) is 2.94. The molecule has 19 heavy (non-hydrogen) atoms. The van der Waals surface area contributed by atoms with Crippen LogP contribution in [0.15, 0.2) is 0 Å². The first-order valence-electron chi connectivity index (χ1n) is 6.50. The fraction of sp³-hybridized carbons (Fsp3) is 0.636. The van der Waals surface area contributed by atoms with Gasteiger partial charge in [0.15, 0.2) is 5.82 Å². The Morgan fingerprint density at radius 3 is 3.00 bits per heavy atom. The zero-order valence-corrected chi connectivity index (χ0v) is 11.5. The summed E-state index contributed by atoms with van der Waals surface area (Å²) in [6.45, 7) is 3.12. The summed E-state index contributed by atoms with van der Waals surface area (Å²) in [5, 5.41) is 19.1. The van der Waals surface area contributed by atoms with E-state index in [1.165, 1.54) is 24.2 Å². The van der Waals surface area contributed by atoms with Crippen LogP contribution in [0.25, 0.3) is 4.96 Å². The van der Waals surface area contributed by atoms with Gasteiger partial charge >= 0.3 is 6.03 Å². The van der Waals surface area contributed by atoms with Crippen molar-refractivity contribution >= 4 is 22.3 Å². The van der Waals surface area contributed by atoms with Gasteiger partial charge in [-0.15, -0.1) is 10.2 Å². The van der Waals surface area contributed by atoms with Crippen LogP contribution >= 0.6 is 11.3 Å².